The zero-order chi connectivity index (χ0) is 17.8. The van der Waals surface area contributed by atoms with E-state index in [0.29, 0.717) is 24.3 Å². The van der Waals surface area contributed by atoms with E-state index in [4.69, 9.17) is 12.2 Å². The predicted octanol–water partition coefficient (Wildman–Crippen LogP) is 3.39. The van der Waals surface area contributed by atoms with E-state index < -0.39 is 0 Å². The minimum atomic E-state index is -0.0360. The highest BCUT2D eigenvalue weighted by Crippen LogP contribution is 2.18. The van der Waals surface area contributed by atoms with Gasteiger partial charge in [0.15, 0.2) is 10.6 Å². The van der Waals surface area contributed by atoms with Crippen LogP contribution in [-0.4, -0.2) is 25.7 Å². The van der Waals surface area contributed by atoms with Crippen molar-refractivity contribution < 1.29 is 4.79 Å². The summed E-state index contributed by atoms with van der Waals surface area (Å²) in [7, 11) is 0. The Labute approximate surface area is 154 Å². The van der Waals surface area contributed by atoms with E-state index in [1.54, 1.807) is 11.3 Å². The molecule has 0 aliphatic carbocycles. The molecule has 2 aromatic heterocycles. The summed E-state index contributed by atoms with van der Waals surface area (Å²) < 4.78 is 2.37. The van der Waals surface area contributed by atoms with Gasteiger partial charge in [0, 0.05) is 29.6 Å². The Morgan fingerprint density at radius 3 is 2.96 bits per heavy atom. The Morgan fingerprint density at radius 1 is 1.40 bits per heavy atom. The van der Waals surface area contributed by atoms with Gasteiger partial charge < -0.3 is 5.32 Å². The van der Waals surface area contributed by atoms with Crippen LogP contribution in [0.3, 0.4) is 0 Å². The number of aromatic nitrogens is 4. The van der Waals surface area contributed by atoms with Crippen molar-refractivity contribution in [3.8, 4) is 11.4 Å². The number of aromatic amines is 1. The molecule has 1 aromatic carbocycles. The molecule has 0 radical (unpaired) electrons. The van der Waals surface area contributed by atoms with Gasteiger partial charge in [-0.05, 0) is 32.1 Å². The van der Waals surface area contributed by atoms with Crippen molar-refractivity contribution in [1.29, 1.82) is 0 Å². The van der Waals surface area contributed by atoms with Crippen molar-refractivity contribution in [2.75, 3.05) is 0 Å². The summed E-state index contributed by atoms with van der Waals surface area (Å²) in [6, 6.07) is 8.05. The molecule has 2 heterocycles. The Kier molecular flexibility index (Phi) is 5.40. The Hall–Kier alpha value is -2.32. The Bertz CT molecular complexity index is 940. The highest BCUT2D eigenvalue weighted by molar-refractivity contribution is 7.71. The van der Waals surface area contributed by atoms with Gasteiger partial charge in [-0.1, -0.05) is 23.8 Å². The second-order valence-corrected chi connectivity index (χ2v) is 7.11. The summed E-state index contributed by atoms with van der Waals surface area (Å²) in [4.78, 5) is 16.5. The quantitative estimate of drug-likeness (QED) is 0.650. The number of H-pyrrole nitrogens is 1. The third-order valence-corrected chi connectivity index (χ3v) is 4.98. The van der Waals surface area contributed by atoms with E-state index in [-0.39, 0.29) is 5.91 Å². The van der Waals surface area contributed by atoms with Crippen LogP contribution in [0.5, 0.6) is 0 Å². The Morgan fingerprint density at radius 2 is 2.24 bits per heavy atom. The lowest BCUT2D eigenvalue weighted by Gasteiger charge is -2.08. The van der Waals surface area contributed by atoms with Gasteiger partial charge in [0.2, 0.25) is 5.91 Å². The van der Waals surface area contributed by atoms with Gasteiger partial charge in [-0.25, -0.2) is 4.98 Å². The third kappa shape index (κ3) is 4.40. The molecule has 3 rings (SSSR count). The number of carbonyl (C=O) groups excluding carboxylic acids is 1. The van der Waals surface area contributed by atoms with Gasteiger partial charge in [0.1, 0.15) is 5.01 Å². The first-order valence-corrected chi connectivity index (χ1v) is 9.21. The van der Waals surface area contributed by atoms with Crippen LogP contribution >= 0.6 is 23.6 Å². The average molecular weight is 374 g/mol. The summed E-state index contributed by atoms with van der Waals surface area (Å²) in [5, 5.41) is 12.9. The molecule has 8 heteroatoms. The SMILES string of the molecule is Cc1cccc(-c2n[nH]c(=S)n2CCC(=O)NCc2nc(C)cs2)c1. The van der Waals surface area contributed by atoms with E-state index in [0.717, 1.165) is 27.7 Å². The van der Waals surface area contributed by atoms with E-state index in [1.165, 1.54) is 0 Å². The van der Waals surface area contributed by atoms with Crippen LogP contribution in [0.2, 0.25) is 0 Å². The van der Waals surface area contributed by atoms with E-state index in [2.05, 4.69) is 20.5 Å². The number of hydrogen-bond acceptors (Lipinski definition) is 5. The van der Waals surface area contributed by atoms with Crippen molar-refractivity contribution in [2.24, 2.45) is 0 Å². The minimum absolute atomic E-state index is 0.0360. The fraction of sp³-hybridized carbons (Fsp3) is 0.294. The van der Waals surface area contributed by atoms with Gasteiger partial charge in [0.25, 0.3) is 0 Å². The van der Waals surface area contributed by atoms with Gasteiger partial charge in [-0.2, -0.15) is 5.10 Å². The molecule has 0 fully saturated rings. The standard InChI is InChI=1S/C17H19N5OS2/c1-11-4-3-5-13(8-11)16-20-21-17(24)22(16)7-6-14(23)18-9-15-19-12(2)10-25-15/h3-5,8,10H,6-7,9H2,1-2H3,(H,18,23)(H,21,24). The molecule has 0 atom stereocenters. The van der Waals surface area contributed by atoms with E-state index in [1.807, 2.05) is 48.1 Å². The number of aryl methyl sites for hydroxylation is 2. The molecule has 130 valence electrons. The number of hydrogen-bond donors (Lipinski definition) is 2. The summed E-state index contributed by atoms with van der Waals surface area (Å²) in [5.41, 5.74) is 3.10. The fourth-order valence-corrected chi connectivity index (χ4v) is 3.42. The lowest BCUT2D eigenvalue weighted by Crippen LogP contribution is -2.24. The average Bonchev–Trinajstić information content (AvgIpc) is 3.16. The van der Waals surface area contributed by atoms with E-state index >= 15 is 0 Å². The van der Waals surface area contributed by atoms with Crippen LogP contribution < -0.4 is 5.32 Å². The number of amides is 1. The molecule has 2 N–H and O–H groups in total. The highest BCUT2D eigenvalue weighted by atomic mass is 32.1. The van der Waals surface area contributed by atoms with Crippen LogP contribution in [0.15, 0.2) is 29.6 Å². The third-order valence-electron chi connectivity index (χ3n) is 3.70. The molecule has 0 saturated heterocycles. The molecule has 6 nitrogen and oxygen atoms in total. The normalized spacial score (nSPS) is 10.8. The van der Waals surface area contributed by atoms with Gasteiger partial charge >= 0.3 is 0 Å². The maximum Gasteiger partial charge on any atom is 0.222 e. The minimum Gasteiger partial charge on any atom is -0.350 e. The molecule has 0 aliphatic rings. The molecule has 3 aromatic rings. The number of rotatable bonds is 6. The lowest BCUT2D eigenvalue weighted by atomic mass is 10.1. The first kappa shape index (κ1) is 17.5. The summed E-state index contributed by atoms with van der Waals surface area (Å²) >= 11 is 6.85. The highest BCUT2D eigenvalue weighted by Gasteiger charge is 2.11. The molecule has 25 heavy (non-hydrogen) atoms. The maximum atomic E-state index is 12.1. The van der Waals surface area contributed by atoms with Crippen molar-refractivity contribution in [3.05, 3.63) is 50.7 Å². The maximum absolute atomic E-state index is 12.1. The first-order chi connectivity index (χ1) is 12.0. The molecule has 0 unspecified atom stereocenters. The van der Waals surface area contributed by atoms with Crippen LogP contribution in [0.1, 0.15) is 22.7 Å². The smallest absolute Gasteiger partial charge is 0.222 e. The van der Waals surface area contributed by atoms with Crippen LogP contribution in [0.25, 0.3) is 11.4 Å². The zero-order valence-corrected chi connectivity index (χ0v) is 15.7. The summed E-state index contributed by atoms with van der Waals surface area (Å²) in [6.07, 6.45) is 0.330. The lowest BCUT2D eigenvalue weighted by molar-refractivity contribution is -0.121. The van der Waals surface area contributed by atoms with Crippen LogP contribution in [-0.2, 0) is 17.9 Å². The van der Waals surface area contributed by atoms with E-state index in [9.17, 15) is 4.79 Å². The molecule has 0 spiro atoms. The molecule has 1 amide bonds. The van der Waals surface area contributed by atoms with Crippen LogP contribution in [0.4, 0.5) is 0 Å². The molecular weight excluding hydrogens is 354 g/mol. The molecule has 0 aliphatic heterocycles. The number of carbonyl (C=O) groups is 1. The largest absolute Gasteiger partial charge is 0.350 e. The Balaban J connectivity index is 1.64. The number of thiazole rings is 1. The van der Waals surface area contributed by atoms with Gasteiger partial charge in [-0.15, -0.1) is 11.3 Å². The van der Waals surface area contributed by atoms with Crippen molar-refractivity contribution >= 4 is 29.5 Å². The topological polar surface area (TPSA) is 75.6 Å². The zero-order valence-electron chi connectivity index (χ0n) is 14.1. The van der Waals surface area contributed by atoms with Crippen molar-refractivity contribution in [1.82, 2.24) is 25.1 Å². The number of nitrogens with zero attached hydrogens (tertiary/aromatic N) is 3. The van der Waals surface area contributed by atoms with Crippen molar-refractivity contribution in [3.63, 3.8) is 0 Å². The van der Waals surface area contributed by atoms with Gasteiger partial charge in [0.05, 0.1) is 6.54 Å². The summed E-state index contributed by atoms with van der Waals surface area (Å²) in [6.45, 7) is 4.90. The fourth-order valence-electron chi connectivity index (χ4n) is 2.49. The predicted molar refractivity (Wildman–Crippen MR) is 101 cm³/mol. The second-order valence-electron chi connectivity index (χ2n) is 5.78. The number of benzene rings is 1. The van der Waals surface area contributed by atoms with Crippen LogP contribution in [0, 0.1) is 18.6 Å². The van der Waals surface area contributed by atoms with Gasteiger partial charge in [-0.3, -0.25) is 14.5 Å². The second kappa shape index (κ2) is 7.71. The van der Waals surface area contributed by atoms with Crippen molar-refractivity contribution in [2.45, 2.75) is 33.4 Å². The first-order valence-electron chi connectivity index (χ1n) is 7.93. The molecule has 0 bridgehead atoms. The summed E-state index contributed by atoms with van der Waals surface area (Å²) in [5.74, 6) is 0.711. The molecule has 0 saturated carbocycles. The molecular formula is C17H19N5OS2. The monoisotopic (exact) mass is 373 g/mol. The number of nitrogens with one attached hydrogen (secondary N) is 2.